The highest BCUT2D eigenvalue weighted by Gasteiger charge is 2.13. The molecule has 0 spiro atoms. The van der Waals surface area contributed by atoms with Gasteiger partial charge in [-0.3, -0.25) is 9.59 Å². The second-order valence-corrected chi connectivity index (χ2v) is 6.87. The van der Waals surface area contributed by atoms with E-state index in [4.69, 9.17) is 23.2 Å². The van der Waals surface area contributed by atoms with Crippen molar-refractivity contribution < 1.29 is 14.0 Å². The fourth-order valence-electron chi connectivity index (χ4n) is 2.39. The van der Waals surface area contributed by atoms with E-state index in [1.54, 1.807) is 60.7 Å². The van der Waals surface area contributed by atoms with Gasteiger partial charge in [-0.15, -0.1) is 0 Å². The number of halogens is 3. The van der Waals surface area contributed by atoms with Gasteiger partial charge < -0.3 is 10.6 Å². The van der Waals surface area contributed by atoms with Gasteiger partial charge in [0.05, 0.1) is 11.9 Å². The average Bonchev–Trinajstić information content (AvgIpc) is 2.73. The first kappa shape index (κ1) is 21.3. The van der Waals surface area contributed by atoms with Crippen molar-refractivity contribution in [3.63, 3.8) is 0 Å². The van der Waals surface area contributed by atoms with Crippen molar-refractivity contribution in [2.45, 2.75) is 0 Å². The van der Waals surface area contributed by atoms with E-state index < -0.39 is 17.6 Å². The molecule has 0 radical (unpaired) electrons. The van der Waals surface area contributed by atoms with Crippen LogP contribution < -0.4 is 16.1 Å². The molecule has 0 aliphatic rings. The normalized spacial score (nSPS) is 10.6. The van der Waals surface area contributed by atoms with E-state index in [2.05, 4.69) is 21.2 Å². The second kappa shape index (κ2) is 9.87. The van der Waals surface area contributed by atoms with Crippen LogP contribution in [-0.4, -0.2) is 18.0 Å². The summed E-state index contributed by atoms with van der Waals surface area (Å²) in [5.41, 5.74) is 3.79. The quantitative estimate of drug-likeness (QED) is 0.295. The molecule has 3 aromatic rings. The zero-order chi connectivity index (χ0) is 21.5. The Morgan fingerprint density at radius 1 is 0.867 bits per heavy atom. The van der Waals surface area contributed by atoms with E-state index in [9.17, 15) is 14.0 Å². The van der Waals surface area contributed by atoms with Gasteiger partial charge in [0.2, 0.25) is 0 Å². The summed E-state index contributed by atoms with van der Waals surface area (Å²) in [6.07, 6.45) is 1.29. The van der Waals surface area contributed by atoms with Crippen molar-refractivity contribution in [3.8, 4) is 0 Å². The van der Waals surface area contributed by atoms with E-state index in [-0.39, 0.29) is 5.69 Å². The molecule has 0 unspecified atom stereocenters. The molecule has 2 amide bonds. The monoisotopic (exact) mass is 444 g/mol. The smallest absolute Gasteiger partial charge is 0.329 e. The second-order valence-electron chi connectivity index (χ2n) is 6.00. The number of hydrogen-bond donors (Lipinski definition) is 3. The number of hydrazone groups is 1. The first-order valence-corrected chi connectivity index (χ1v) is 9.39. The number of carbonyl (C=O) groups excluding carboxylic acids is 2. The number of amides is 2. The van der Waals surface area contributed by atoms with Gasteiger partial charge in [0.15, 0.2) is 0 Å². The average molecular weight is 445 g/mol. The zero-order valence-corrected chi connectivity index (χ0v) is 16.8. The molecule has 0 fully saturated rings. The van der Waals surface area contributed by atoms with Crippen LogP contribution in [0.2, 0.25) is 10.0 Å². The molecule has 9 heteroatoms. The number of rotatable bonds is 5. The third-order valence-electron chi connectivity index (χ3n) is 3.83. The lowest BCUT2D eigenvalue weighted by Gasteiger charge is -2.10. The van der Waals surface area contributed by atoms with Crippen molar-refractivity contribution in [1.29, 1.82) is 0 Å². The predicted molar refractivity (Wildman–Crippen MR) is 117 cm³/mol. The zero-order valence-electron chi connectivity index (χ0n) is 15.3. The van der Waals surface area contributed by atoms with E-state index in [1.165, 1.54) is 12.3 Å². The van der Waals surface area contributed by atoms with Crippen molar-refractivity contribution in [3.05, 3.63) is 88.2 Å². The molecule has 0 atom stereocenters. The number of para-hydroxylation sites is 1. The number of nitrogens with one attached hydrogen (secondary N) is 3. The highest BCUT2D eigenvalue weighted by Crippen LogP contribution is 2.24. The molecule has 0 aromatic heterocycles. The molecular weight excluding hydrogens is 430 g/mol. The van der Waals surface area contributed by atoms with E-state index in [1.807, 2.05) is 0 Å². The first-order valence-electron chi connectivity index (χ1n) is 8.63. The SMILES string of the molecule is O=C(N/N=C\c1cc(Cl)ccc1Nc1ccccc1F)C(=O)Nc1ccc(Cl)cc1. The number of hydrogen-bond acceptors (Lipinski definition) is 4. The number of nitrogens with zero attached hydrogens (tertiary/aromatic N) is 1. The van der Waals surface area contributed by atoms with Gasteiger partial charge in [-0.2, -0.15) is 5.10 Å². The van der Waals surface area contributed by atoms with E-state index in [0.717, 1.165) is 0 Å². The molecular formula is C21H15Cl2FN4O2. The van der Waals surface area contributed by atoms with Crippen molar-refractivity contribution in [2.24, 2.45) is 5.10 Å². The number of carbonyl (C=O) groups is 2. The summed E-state index contributed by atoms with van der Waals surface area (Å²) in [6.45, 7) is 0. The minimum absolute atomic E-state index is 0.265. The number of benzene rings is 3. The Labute approximate surface area is 181 Å². The summed E-state index contributed by atoms with van der Waals surface area (Å²) in [6, 6.07) is 17.3. The van der Waals surface area contributed by atoms with Gasteiger partial charge in [0, 0.05) is 27.0 Å². The lowest BCUT2D eigenvalue weighted by molar-refractivity contribution is -0.136. The molecule has 0 saturated carbocycles. The fourth-order valence-corrected chi connectivity index (χ4v) is 2.70. The van der Waals surface area contributed by atoms with Gasteiger partial charge >= 0.3 is 11.8 Å². The topological polar surface area (TPSA) is 82.6 Å². The molecule has 0 heterocycles. The Balaban J connectivity index is 1.67. The lowest BCUT2D eigenvalue weighted by Crippen LogP contribution is -2.32. The lowest BCUT2D eigenvalue weighted by atomic mass is 10.2. The Hall–Kier alpha value is -3.42. The summed E-state index contributed by atoms with van der Waals surface area (Å²) >= 11 is 11.8. The van der Waals surface area contributed by atoms with Crippen molar-refractivity contribution in [2.75, 3.05) is 10.6 Å². The molecule has 152 valence electrons. The Kier molecular flexibility index (Phi) is 7.00. The van der Waals surface area contributed by atoms with Crippen LogP contribution >= 0.6 is 23.2 Å². The van der Waals surface area contributed by atoms with Crippen LogP contribution in [0.1, 0.15) is 5.56 Å². The van der Waals surface area contributed by atoms with Gasteiger partial charge in [-0.05, 0) is 54.6 Å². The first-order chi connectivity index (χ1) is 14.4. The molecule has 0 saturated heterocycles. The predicted octanol–water partition coefficient (Wildman–Crippen LogP) is 4.96. The van der Waals surface area contributed by atoms with Gasteiger partial charge in [0.1, 0.15) is 5.82 Å². The molecule has 3 N–H and O–H groups in total. The van der Waals surface area contributed by atoms with Gasteiger partial charge in [0.25, 0.3) is 0 Å². The highest BCUT2D eigenvalue weighted by atomic mass is 35.5. The Bertz CT molecular complexity index is 1100. The Morgan fingerprint density at radius 2 is 1.57 bits per heavy atom. The maximum Gasteiger partial charge on any atom is 0.329 e. The number of anilines is 3. The summed E-state index contributed by atoms with van der Waals surface area (Å²) in [4.78, 5) is 23.9. The summed E-state index contributed by atoms with van der Waals surface area (Å²) in [5, 5.41) is 10.1. The third kappa shape index (κ3) is 5.79. The Morgan fingerprint density at radius 3 is 2.30 bits per heavy atom. The standard InChI is InChI=1S/C21H15Cl2FN4O2/c22-14-5-8-16(9-6-14)26-20(29)21(30)28-25-12-13-11-15(23)7-10-18(13)27-19-4-2-1-3-17(19)24/h1-12,27H,(H,26,29)(H,28,30)/b25-12-. The van der Waals surface area contributed by atoms with Crippen LogP contribution in [0.3, 0.4) is 0 Å². The van der Waals surface area contributed by atoms with Crippen LogP contribution in [-0.2, 0) is 9.59 Å². The van der Waals surface area contributed by atoms with E-state index in [0.29, 0.717) is 27.0 Å². The summed E-state index contributed by atoms with van der Waals surface area (Å²) in [5.74, 6) is -2.29. The molecule has 3 aromatic carbocycles. The van der Waals surface area contributed by atoms with Crippen LogP contribution in [0.5, 0.6) is 0 Å². The third-order valence-corrected chi connectivity index (χ3v) is 4.32. The van der Waals surface area contributed by atoms with E-state index >= 15 is 0 Å². The molecule has 30 heavy (non-hydrogen) atoms. The fraction of sp³-hybridized carbons (Fsp3) is 0. The van der Waals surface area contributed by atoms with Crippen LogP contribution in [0, 0.1) is 5.82 Å². The van der Waals surface area contributed by atoms with Crippen LogP contribution in [0.25, 0.3) is 0 Å². The molecule has 0 bridgehead atoms. The van der Waals surface area contributed by atoms with Gasteiger partial charge in [-0.1, -0.05) is 35.3 Å². The minimum atomic E-state index is -0.966. The molecule has 6 nitrogen and oxygen atoms in total. The molecule has 0 aliphatic carbocycles. The maximum absolute atomic E-state index is 13.9. The molecule has 3 rings (SSSR count). The molecule has 0 aliphatic heterocycles. The highest BCUT2D eigenvalue weighted by molar-refractivity contribution is 6.39. The summed E-state index contributed by atoms with van der Waals surface area (Å²) in [7, 11) is 0. The van der Waals surface area contributed by atoms with Crippen LogP contribution in [0.15, 0.2) is 71.8 Å². The van der Waals surface area contributed by atoms with Crippen LogP contribution in [0.4, 0.5) is 21.5 Å². The van der Waals surface area contributed by atoms with Gasteiger partial charge in [-0.25, -0.2) is 9.82 Å². The maximum atomic E-state index is 13.9. The largest absolute Gasteiger partial charge is 0.353 e. The summed E-state index contributed by atoms with van der Waals surface area (Å²) < 4.78 is 13.9. The van der Waals surface area contributed by atoms with Crippen molar-refractivity contribution >= 4 is 58.3 Å². The minimum Gasteiger partial charge on any atom is -0.353 e. The van der Waals surface area contributed by atoms with Crippen molar-refractivity contribution in [1.82, 2.24) is 5.43 Å².